The molecule has 0 aromatic heterocycles. The molecule has 2 heterocycles. The van der Waals surface area contributed by atoms with E-state index < -0.39 is 0 Å². The third-order valence-corrected chi connectivity index (χ3v) is 5.50. The van der Waals surface area contributed by atoms with Gasteiger partial charge in [0.15, 0.2) is 6.29 Å². The molecule has 0 unspecified atom stereocenters. The fraction of sp³-hybridized carbons (Fsp3) is 0.409. The van der Waals surface area contributed by atoms with E-state index in [2.05, 4.69) is 4.90 Å². The molecule has 1 amide bonds. The second-order valence-corrected chi connectivity index (χ2v) is 7.15. The Morgan fingerprint density at radius 1 is 0.963 bits per heavy atom. The summed E-state index contributed by atoms with van der Waals surface area (Å²) >= 11 is 0. The van der Waals surface area contributed by atoms with Crippen LogP contribution in [0.25, 0.3) is 0 Å². The monoisotopic (exact) mass is 366 g/mol. The highest BCUT2D eigenvalue weighted by atomic mass is 16.7. The predicted octanol–water partition coefficient (Wildman–Crippen LogP) is 3.68. The van der Waals surface area contributed by atoms with Gasteiger partial charge in [-0.15, -0.1) is 0 Å². The second-order valence-electron chi connectivity index (χ2n) is 7.15. The van der Waals surface area contributed by atoms with E-state index in [1.807, 2.05) is 66.5 Å². The van der Waals surface area contributed by atoms with E-state index >= 15 is 0 Å². The molecular weight excluding hydrogens is 340 g/mol. The van der Waals surface area contributed by atoms with Gasteiger partial charge in [-0.1, -0.05) is 30.3 Å². The topological polar surface area (TPSA) is 42.0 Å². The first kappa shape index (κ1) is 18.0. The molecule has 142 valence electrons. The van der Waals surface area contributed by atoms with Crippen LogP contribution in [0.4, 0.5) is 11.4 Å². The maximum absolute atomic E-state index is 13.2. The molecule has 5 nitrogen and oxygen atoms in total. The highest BCUT2D eigenvalue weighted by molar-refractivity contribution is 6.00. The fourth-order valence-electron chi connectivity index (χ4n) is 3.93. The van der Waals surface area contributed by atoms with Gasteiger partial charge in [-0.2, -0.15) is 0 Å². The molecule has 0 N–H and O–H groups in total. The molecule has 0 saturated carbocycles. The van der Waals surface area contributed by atoms with Crippen molar-refractivity contribution >= 4 is 17.3 Å². The Bertz CT molecular complexity index is 766. The predicted molar refractivity (Wildman–Crippen MR) is 105 cm³/mol. The maximum Gasteiger partial charge on any atom is 0.255 e. The van der Waals surface area contributed by atoms with E-state index in [9.17, 15) is 4.79 Å². The summed E-state index contributed by atoms with van der Waals surface area (Å²) in [5, 5.41) is 0. The Morgan fingerprint density at radius 3 is 2.30 bits per heavy atom. The maximum atomic E-state index is 13.2. The zero-order chi connectivity index (χ0) is 18.6. The molecule has 2 aromatic rings. The van der Waals surface area contributed by atoms with Gasteiger partial charge in [-0.05, 0) is 37.1 Å². The zero-order valence-corrected chi connectivity index (χ0v) is 15.7. The van der Waals surface area contributed by atoms with Gasteiger partial charge in [0.25, 0.3) is 5.91 Å². The van der Waals surface area contributed by atoms with Gasteiger partial charge in [0.2, 0.25) is 0 Å². The van der Waals surface area contributed by atoms with E-state index in [0.29, 0.717) is 19.1 Å². The number of piperidine rings is 1. The number of hydrogen-bond donors (Lipinski definition) is 0. The van der Waals surface area contributed by atoms with Crippen LogP contribution in [0.5, 0.6) is 0 Å². The molecule has 0 bridgehead atoms. The summed E-state index contributed by atoms with van der Waals surface area (Å²) in [5.41, 5.74) is 2.74. The average Bonchev–Trinajstić information content (AvgIpc) is 3.28. The van der Waals surface area contributed by atoms with Crippen LogP contribution in [0.1, 0.15) is 23.2 Å². The Labute approximate surface area is 160 Å². The smallest absolute Gasteiger partial charge is 0.255 e. The van der Waals surface area contributed by atoms with Crippen molar-refractivity contribution in [3.8, 4) is 0 Å². The molecule has 2 aromatic carbocycles. The summed E-state index contributed by atoms with van der Waals surface area (Å²) in [7, 11) is 2.00. The van der Waals surface area contributed by atoms with Crippen molar-refractivity contribution in [2.75, 3.05) is 38.3 Å². The number of anilines is 2. The minimum absolute atomic E-state index is 0.0845. The molecule has 0 radical (unpaired) electrons. The number of carbonyl (C=O) groups excluding carboxylic acids is 1. The van der Waals surface area contributed by atoms with Crippen molar-refractivity contribution in [1.82, 2.24) is 4.90 Å². The Hall–Kier alpha value is -2.37. The van der Waals surface area contributed by atoms with Crippen LogP contribution < -0.4 is 4.90 Å². The van der Waals surface area contributed by atoms with Gasteiger partial charge < -0.3 is 19.3 Å². The first-order valence-corrected chi connectivity index (χ1v) is 9.64. The van der Waals surface area contributed by atoms with Crippen molar-refractivity contribution in [2.24, 2.45) is 5.92 Å². The number of benzene rings is 2. The molecule has 27 heavy (non-hydrogen) atoms. The number of hydrogen-bond acceptors (Lipinski definition) is 4. The van der Waals surface area contributed by atoms with Crippen molar-refractivity contribution in [3.05, 3.63) is 60.2 Å². The summed E-state index contributed by atoms with van der Waals surface area (Å²) in [5.74, 6) is 0.485. The number of likely N-dealkylation sites (tertiary alicyclic amines) is 1. The van der Waals surface area contributed by atoms with E-state index in [-0.39, 0.29) is 12.2 Å². The number of nitrogens with zero attached hydrogens (tertiary/aromatic N) is 2. The molecule has 2 aliphatic rings. The lowest BCUT2D eigenvalue weighted by molar-refractivity contribution is -0.0956. The molecule has 4 rings (SSSR count). The van der Waals surface area contributed by atoms with Crippen molar-refractivity contribution in [3.63, 3.8) is 0 Å². The van der Waals surface area contributed by atoms with Crippen LogP contribution in [-0.2, 0) is 9.47 Å². The van der Waals surface area contributed by atoms with Crippen molar-refractivity contribution < 1.29 is 14.3 Å². The van der Waals surface area contributed by atoms with E-state index in [1.165, 1.54) is 0 Å². The number of ether oxygens (including phenoxy) is 2. The largest absolute Gasteiger partial charge is 0.350 e. The number of rotatable bonds is 4. The fourth-order valence-corrected chi connectivity index (χ4v) is 3.93. The molecule has 0 atom stereocenters. The van der Waals surface area contributed by atoms with Gasteiger partial charge in [0.05, 0.1) is 24.5 Å². The molecule has 2 saturated heterocycles. The number of amides is 1. The zero-order valence-electron chi connectivity index (χ0n) is 15.7. The Kier molecular flexibility index (Phi) is 5.41. The molecule has 0 aliphatic carbocycles. The van der Waals surface area contributed by atoms with Crippen LogP contribution in [0.15, 0.2) is 54.6 Å². The van der Waals surface area contributed by atoms with Gasteiger partial charge >= 0.3 is 0 Å². The van der Waals surface area contributed by atoms with E-state index in [1.54, 1.807) is 0 Å². The SMILES string of the molecule is CN(c1ccccc1)c1ccccc1C(=O)N1CCC(C2OCCO2)CC1. The molecule has 5 heteroatoms. The Morgan fingerprint density at radius 2 is 1.59 bits per heavy atom. The summed E-state index contributed by atoms with van der Waals surface area (Å²) in [4.78, 5) is 17.3. The van der Waals surface area contributed by atoms with Gasteiger partial charge in [0.1, 0.15) is 0 Å². The van der Waals surface area contributed by atoms with E-state index in [4.69, 9.17) is 9.47 Å². The quantitative estimate of drug-likeness (QED) is 0.828. The standard InChI is InChI=1S/C22H26N2O3/c1-23(18-7-3-2-4-8-18)20-10-6-5-9-19(20)21(25)24-13-11-17(12-14-24)22-26-15-16-27-22/h2-10,17,22H,11-16H2,1H3. The number of carbonyl (C=O) groups is 1. The van der Waals surface area contributed by atoms with Crippen LogP contribution in [-0.4, -0.2) is 50.4 Å². The van der Waals surface area contributed by atoms with Gasteiger partial charge in [-0.25, -0.2) is 0 Å². The summed E-state index contributed by atoms with van der Waals surface area (Å²) in [6, 6.07) is 18.0. The van der Waals surface area contributed by atoms with Crippen LogP contribution in [0.3, 0.4) is 0 Å². The lowest BCUT2D eigenvalue weighted by atomic mass is 9.95. The summed E-state index contributed by atoms with van der Waals surface area (Å²) in [6.07, 6.45) is 1.76. The highest BCUT2D eigenvalue weighted by Gasteiger charge is 2.32. The third-order valence-electron chi connectivity index (χ3n) is 5.50. The first-order valence-electron chi connectivity index (χ1n) is 9.64. The van der Waals surface area contributed by atoms with Gasteiger partial charge in [-0.3, -0.25) is 4.79 Å². The minimum Gasteiger partial charge on any atom is -0.350 e. The molecule has 0 spiro atoms. The minimum atomic E-state index is -0.0845. The molecule has 2 fully saturated rings. The summed E-state index contributed by atoms with van der Waals surface area (Å²) in [6.45, 7) is 2.86. The van der Waals surface area contributed by atoms with Gasteiger partial charge in [0, 0.05) is 31.7 Å². The highest BCUT2D eigenvalue weighted by Crippen LogP contribution is 2.30. The first-order chi connectivity index (χ1) is 13.2. The second kappa shape index (κ2) is 8.11. The van der Waals surface area contributed by atoms with Crippen LogP contribution in [0.2, 0.25) is 0 Å². The normalized spacial score (nSPS) is 18.6. The summed E-state index contributed by atoms with van der Waals surface area (Å²) < 4.78 is 11.3. The van der Waals surface area contributed by atoms with Crippen molar-refractivity contribution in [2.45, 2.75) is 19.1 Å². The third kappa shape index (κ3) is 3.84. The Balaban J connectivity index is 1.48. The van der Waals surface area contributed by atoms with Crippen LogP contribution in [0, 0.1) is 5.92 Å². The lowest BCUT2D eigenvalue weighted by Crippen LogP contribution is -2.41. The molecule has 2 aliphatic heterocycles. The average molecular weight is 366 g/mol. The van der Waals surface area contributed by atoms with Crippen molar-refractivity contribution in [1.29, 1.82) is 0 Å². The lowest BCUT2D eigenvalue weighted by Gasteiger charge is -2.34. The van der Waals surface area contributed by atoms with Crippen LogP contribution >= 0.6 is 0 Å². The number of para-hydroxylation sites is 2. The molecular formula is C22H26N2O3. The van der Waals surface area contributed by atoms with E-state index in [0.717, 1.165) is 42.9 Å².